The van der Waals surface area contributed by atoms with Crippen molar-refractivity contribution in [2.45, 2.75) is 5.92 Å². The number of nitrogen functional groups attached to an aromatic ring is 1. The van der Waals surface area contributed by atoms with E-state index in [0.717, 1.165) is 5.56 Å². The lowest BCUT2D eigenvalue weighted by Gasteiger charge is -2.19. The summed E-state index contributed by atoms with van der Waals surface area (Å²) in [6.07, 6.45) is 0. The molecule has 0 aliphatic rings. The zero-order valence-corrected chi connectivity index (χ0v) is 12.7. The van der Waals surface area contributed by atoms with Crippen molar-refractivity contribution in [1.29, 1.82) is 0 Å². The van der Waals surface area contributed by atoms with E-state index >= 15 is 0 Å². The number of hydrogen-bond acceptors (Lipinski definition) is 3. The Morgan fingerprint density at radius 2 is 1.60 bits per heavy atom. The van der Waals surface area contributed by atoms with Crippen LogP contribution in [0.5, 0.6) is 0 Å². The summed E-state index contributed by atoms with van der Waals surface area (Å²) in [6, 6.07) is 10.5. The molecule has 0 heterocycles. The number of rotatable bonds is 4. The van der Waals surface area contributed by atoms with E-state index in [4.69, 9.17) is 40.6 Å². The molecule has 2 aromatic carbocycles. The number of nitrogens with two attached hydrogens (primary N) is 1. The first-order valence-corrected chi connectivity index (χ1v) is 7.02. The van der Waals surface area contributed by atoms with Crippen molar-refractivity contribution in [1.82, 2.24) is 0 Å². The fourth-order valence-corrected chi connectivity index (χ4v) is 2.94. The second-order valence-corrected chi connectivity index (χ2v) is 5.54. The number of halogens is 3. The van der Waals surface area contributed by atoms with Gasteiger partial charge < -0.3 is 10.5 Å². The average molecular weight is 332 g/mol. The molecule has 106 valence electrons. The van der Waals surface area contributed by atoms with E-state index in [9.17, 15) is 5.11 Å². The van der Waals surface area contributed by atoms with Gasteiger partial charge in [-0.15, -0.1) is 0 Å². The van der Waals surface area contributed by atoms with E-state index in [1.807, 2.05) is 12.1 Å². The molecule has 0 saturated heterocycles. The number of nitrogens with one attached hydrogen (secondary N) is 1. The van der Waals surface area contributed by atoms with E-state index < -0.39 is 0 Å². The third-order valence-corrected chi connectivity index (χ3v) is 3.93. The maximum Gasteiger partial charge on any atom is 0.0541 e. The topological polar surface area (TPSA) is 58.3 Å². The fourth-order valence-electron chi connectivity index (χ4n) is 2.06. The van der Waals surface area contributed by atoms with Gasteiger partial charge in [-0.2, -0.15) is 0 Å². The minimum Gasteiger partial charge on any atom is -0.395 e. The van der Waals surface area contributed by atoms with Crippen LogP contribution in [0.3, 0.4) is 0 Å². The molecule has 6 heteroatoms. The van der Waals surface area contributed by atoms with E-state index in [-0.39, 0.29) is 12.5 Å². The molecule has 0 aromatic heterocycles. The van der Waals surface area contributed by atoms with E-state index in [0.29, 0.717) is 26.3 Å². The number of aliphatic hydroxyl groups is 1. The molecule has 20 heavy (non-hydrogen) atoms. The minimum atomic E-state index is -0.320. The van der Waals surface area contributed by atoms with Gasteiger partial charge in [0.2, 0.25) is 0 Å². The lowest BCUT2D eigenvalue weighted by atomic mass is 9.92. The molecule has 0 spiro atoms. The first kappa shape index (κ1) is 15.4. The summed E-state index contributed by atoms with van der Waals surface area (Å²) in [5, 5.41) is 11.2. The van der Waals surface area contributed by atoms with Crippen LogP contribution in [0, 0.1) is 0 Å². The summed E-state index contributed by atoms with van der Waals surface area (Å²) in [7, 11) is 0. The van der Waals surface area contributed by atoms with Gasteiger partial charge in [-0.05, 0) is 35.4 Å². The van der Waals surface area contributed by atoms with Gasteiger partial charge >= 0.3 is 0 Å². The van der Waals surface area contributed by atoms with Crippen LogP contribution in [0.4, 0.5) is 5.69 Å². The Morgan fingerprint density at radius 1 is 1.05 bits per heavy atom. The molecule has 1 unspecified atom stereocenters. The molecular weight excluding hydrogens is 319 g/mol. The van der Waals surface area contributed by atoms with Crippen molar-refractivity contribution in [3.8, 4) is 0 Å². The molecule has 2 aromatic rings. The van der Waals surface area contributed by atoms with Crippen LogP contribution in [-0.4, -0.2) is 11.7 Å². The molecule has 0 fully saturated rings. The smallest absolute Gasteiger partial charge is 0.0541 e. The van der Waals surface area contributed by atoms with Crippen LogP contribution >= 0.6 is 34.8 Å². The van der Waals surface area contributed by atoms with Gasteiger partial charge in [0.25, 0.3) is 0 Å². The Hall–Kier alpha value is -0.970. The van der Waals surface area contributed by atoms with Crippen molar-refractivity contribution in [3.05, 3.63) is 62.6 Å². The molecule has 0 amide bonds. The van der Waals surface area contributed by atoms with Crippen LogP contribution < -0.4 is 11.3 Å². The highest BCUT2D eigenvalue weighted by Crippen LogP contribution is 2.37. The molecule has 0 radical (unpaired) electrons. The predicted octanol–water partition coefficient (Wildman–Crippen LogP) is 4.06. The van der Waals surface area contributed by atoms with Crippen molar-refractivity contribution >= 4 is 40.5 Å². The highest BCUT2D eigenvalue weighted by molar-refractivity contribution is 6.36. The molecular formula is C14H13Cl3N2O. The van der Waals surface area contributed by atoms with Crippen LogP contribution in [0.1, 0.15) is 17.0 Å². The summed E-state index contributed by atoms with van der Waals surface area (Å²) in [6.45, 7) is -0.115. The second-order valence-electron chi connectivity index (χ2n) is 4.28. The maximum atomic E-state index is 9.69. The second kappa shape index (κ2) is 6.66. The Kier molecular flexibility index (Phi) is 5.13. The van der Waals surface area contributed by atoms with Gasteiger partial charge in [0, 0.05) is 21.0 Å². The zero-order chi connectivity index (χ0) is 14.7. The third-order valence-electron chi connectivity index (χ3n) is 3.05. The standard InChI is InChI=1S/C14H13Cl3N2O/c15-9-3-1-8(2-4-9)11(7-20)14-12(16)5-10(19-18)6-13(14)17/h1-6,11,19-20H,7,18H2. The lowest BCUT2D eigenvalue weighted by Crippen LogP contribution is -2.10. The first-order valence-electron chi connectivity index (χ1n) is 5.88. The third kappa shape index (κ3) is 3.19. The zero-order valence-electron chi connectivity index (χ0n) is 10.4. The largest absolute Gasteiger partial charge is 0.395 e. The van der Waals surface area contributed by atoms with Crippen molar-refractivity contribution in [3.63, 3.8) is 0 Å². The highest BCUT2D eigenvalue weighted by Gasteiger charge is 2.20. The van der Waals surface area contributed by atoms with E-state index in [2.05, 4.69) is 5.43 Å². The van der Waals surface area contributed by atoms with Gasteiger partial charge in [0.05, 0.1) is 12.3 Å². The van der Waals surface area contributed by atoms with Crippen LogP contribution in [0.2, 0.25) is 15.1 Å². The molecule has 0 saturated carbocycles. The summed E-state index contributed by atoms with van der Waals surface area (Å²) in [4.78, 5) is 0. The molecule has 0 aliphatic heterocycles. The Bertz CT molecular complexity index is 579. The summed E-state index contributed by atoms with van der Waals surface area (Å²) >= 11 is 18.4. The first-order chi connectivity index (χ1) is 9.56. The fraction of sp³-hybridized carbons (Fsp3) is 0.143. The number of anilines is 1. The molecule has 2 rings (SSSR count). The summed E-state index contributed by atoms with van der Waals surface area (Å²) in [5.74, 6) is 5.02. The molecule has 4 N–H and O–H groups in total. The number of hydrazine groups is 1. The number of hydrogen-bond donors (Lipinski definition) is 3. The number of aliphatic hydroxyl groups excluding tert-OH is 1. The minimum absolute atomic E-state index is 0.115. The average Bonchev–Trinajstić information content (AvgIpc) is 2.43. The Balaban J connectivity index is 2.49. The molecule has 1 atom stereocenters. The van der Waals surface area contributed by atoms with Crippen molar-refractivity contribution < 1.29 is 5.11 Å². The summed E-state index contributed by atoms with van der Waals surface area (Å²) < 4.78 is 0. The monoisotopic (exact) mass is 330 g/mol. The Morgan fingerprint density at radius 3 is 2.05 bits per heavy atom. The Labute approximate surface area is 132 Å². The van der Waals surface area contributed by atoms with Gasteiger partial charge in [-0.25, -0.2) is 0 Å². The number of benzene rings is 2. The van der Waals surface area contributed by atoms with Gasteiger partial charge in [0.1, 0.15) is 0 Å². The van der Waals surface area contributed by atoms with E-state index in [1.54, 1.807) is 24.3 Å². The summed E-state index contributed by atoms with van der Waals surface area (Å²) in [5.41, 5.74) is 4.65. The molecule has 3 nitrogen and oxygen atoms in total. The molecule has 0 bridgehead atoms. The molecule has 0 aliphatic carbocycles. The quantitative estimate of drug-likeness (QED) is 0.585. The van der Waals surface area contributed by atoms with Gasteiger partial charge in [-0.3, -0.25) is 5.84 Å². The van der Waals surface area contributed by atoms with Gasteiger partial charge in [-0.1, -0.05) is 46.9 Å². The predicted molar refractivity (Wildman–Crippen MR) is 84.7 cm³/mol. The van der Waals surface area contributed by atoms with Crippen LogP contribution in [0.15, 0.2) is 36.4 Å². The van der Waals surface area contributed by atoms with Crippen molar-refractivity contribution in [2.24, 2.45) is 5.84 Å². The highest BCUT2D eigenvalue weighted by atomic mass is 35.5. The maximum absolute atomic E-state index is 9.69. The SMILES string of the molecule is NNc1cc(Cl)c(C(CO)c2ccc(Cl)cc2)c(Cl)c1. The van der Waals surface area contributed by atoms with Crippen LogP contribution in [-0.2, 0) is 0 Å². The van der Waals surface area contributed by atoms with E-state index in [1.165, 1.54) is 0 Å². The normalized spacial score (nSPS) is 12.2. The van der Waals surface area contributed by atoms with Crippen LogP contribution in [0.25, 0.3) is 0 Å². The van der Waals surface area contributed by atoms with Gasteiger partial charge in [0.15, 0.2) is 0 Å². The lowest BCUT2D eigenvalue weighted by molar-refractivity contribution is 0.280. The van der Waals surface area contributed by atoms with Crippen molar-refractivity contribution in [2.75, 3.05) is 12.0 Å².